The van der Waals surface area contributed by atoms with Crippen molar-refractivity contribution in [1.82, 2.24) is 0 Å². The van der Waals surface area contributed by atoms with Crippen molar-refractivity contribution in [3.8, 4) is 0 Å². The molecule has 0 unspecified atom stereocenters. The number of carbonyl (C=O) groups is 3. The summed E-state index contributed by atoms with van der Waals surface area (Å²) in [6, 6.07) is 44.2. The van der Waals surface area contributed by atoms with E-state index in [1.54, 1.807) is 0 Å². The Balaban J connectivity index is 0.000000475. The Morgan fingerprint density at radius 2 is 0.837 bits per heavy atom. The first-order valence-corrected chi connectivity index (χ1v) is 18.0. The van der Waals surface area contributed by atoms with Crippen LogP contribution in [0, 0.1) is 0 Å². The normalized spacial score (nSPS) is 10.4. The van der Waals surface area contributed by atoms with Crippen LogP contribution >= 0.6 is 15.8 Å². The van der Waals surface area contributed by atoms with Gasteiger partial charge in [-0.3, -0.25) is 4.79 Å². The minimum Gasteiger partial charge on any atom is -0.617 e. The van der Waals surface area contributed by atoms with Crippen LogP contribution in [0.2, 0.25) is 0 Å². The number of hydrogen-bond acceptors (Lipinski definition) is 8. The molecule has 4 aromatic rings. The molecule has 0 aliphatic heterocycles. The molecule has 0 atom stereocenters. The fourth-order valence-corrected chi connectivity index (χ4v) is 9.41. The fourth-order valence-electron chi connectivity index (χ4n) is 4.05. The largest absolute Gasteiger partial charge is 1.00 e. The summed E-state index contributed by atoms with van der Waals surface area (Å²) in [5.74, 6) is -2.13. The summed E-state index contributed by atoms with van der Waals surface area (Å²) in [5, 5.41) is 16.2. The van der Waals surface area contributed by atoms with Crippen molar-refractivity contribution in [3.63, 3.8) is 0 Å². The molecule has 8 nitrogen and oxygen atoms in total. The van der Waals surface area contributed by atoms with E-state index in [4.69, 9.17) is 0 Å². The molecule has 4 rings (SSSR count). The van der Waals surface area contributed by atoms with Crippen LogP contribution in [-0.4, -0.2) is 58.7 Å². The average molecular weight is 789 g/mol. The molecular formula is C38H41O8P2Ru. The molecule has 259 valence electrons. The van der Waals surface area contributed by atoms with Gasteiger partial charge in [0.1, 0.15) is 0 Å². The number of methoxy groups -OCH3 is 4. The molecule has 0 heterocycles. The van der Waals surface area contributed by atoms with Crippen LogP contribution in [0.25, 0.3) is 0 Å². The number of esters is 3. The molecule has 0 saturated heterocycles. The van der Waals surface area contributed by atoms with Crippen LogP contribution in [-0.2, 0) is 52.8 Å². The standard InChI is InChI=1S/C26H24P2.C6H10O4.C6H8O4.Ru/c1-5-13-23(14-6-1)27(24-15-7-2-8-16-24)21-22-28(25-17-9-3-10-18-25)26-19-11-4-12-20-26;2*1-9-5(7)3-4-6(8)10-2;/h1-20H,21-22H2;3,7H,4H2,1-2H3;3-4H,1-2H3;/q;;;+1/p-1/b;;4-3+;. The van der Waals surface area contributed by atoms with Crippen molar-refractivity contribution in [2.75, 3.05) is 40.8 Å². The van der Waals surface area contributed by atoms with E-state index >= 15 is 0 Å². The first-order valence-electron chi connectivity index (χ1n) is 14.9. The van der Waals surface area contributed by atoms with Gasteiger partial charge in [0.2, 0.25) is 0 Å². The second-order valence-corrected chi connectivity index (χ2v) is 14.2. The molecule has 0 bridgehead atoms. The Kier molecular flexibility index (Phi) is 22.6. The Hall–Kier alpha value is -4.15. The zero-order valence-electron chi connectivity index (χ0n) is 27.9. The summed E-state index contributed by atoms with van der Waals surface area (Å²) in [4.78, 5) is 31.0. The summed E-state index contributed by atoms with van der Waals surface area (Å²) < 4.78 is 16.9. The van der Waals surface area contributed by atoms with Crippen LogP contribution in [0.5, 0.6) is 0 Å². The van der Waals surface area contributed by atoms with E-state index in [1.807, 2.05) is 0 Å². The van der Waals surface area contributed by atoms with Crippen LogP contribution in [0.1, 0.15) is 6.42 Å². The van der Waals surface area contributed by atoms with Gasteiger partial charge in [0.15, 0.2) is 0 Å². The molecule has 0 aromatic heterocycles. The first kappa shape index (κ1) is 42.9. The van der Waals surface area contributed by atoms with Gasteiger partial charge in [-0.05, 0) is 56.5 Å². The number of hydrogen-bond donors (Lipinski definition) is 0. The molecule has 0 aliphatic carbocycles. The van der Waals surface area contributed by atoms with E-state index in [0.29, 0.717) is 0 Å². The summed E-state index contributed by atoms with van der Waals surface area (Å²) >= 11 is 0. The molecule has 49 heavy (non-hydrogen) atoms. The smallest absolute Gasteiger partial charge is 0.617 e. The van der Waals surface area contributed by atoms with E-state index in [1.165, 1.54) is 62.0 Å². The zero-order chi connectivity index (χ0) is 35.0. The van der Waals surface area contributed by atoms with Crippen molar-refractivity contribution < 1.29 is 57.9 Å². The minimum atomic E-state index is -0.578. The molecule has 0 fully saturated rings. The molecule has 4 aromatic carbocycles. The Morgan fingerprint density at radius 3 is 1.08 bits per heavy atom. The maximum absolute atomic E-state index is 10.4. The maximum atomic E-state index is 10.4. The topological polar surface area (TPSA) is 111 Å². The third kappa shape index (κ3) is 17.2. The fraction of sp³-hybridized carbons (Fsp3) is 0.184. The van der Waals surface area contributed by atoms with Crippen LogP contribution in [0.15, 0.2) is 146 Å². The summed E-state index contributed by atoms with van der Waals surface area (Å²) in [7, 11) is 4.26. The molecule has 0 saturated carbocycles. The van der Waals surface area contributed by atoms with E-state index in [9.17, 15) is 19.5 Å². The summed E-state index contributed by atoms with van der Waals surface area (Å²) in [6.07, 6.45) is 5.48. The summed E-state index contributed by atoms with van der Waals surface area (Å²) in [5.41, 5.74) is 0. The van der Waals surface area contributed by atoms with Crippen molar-refractivity contribution in [2.45, 2.75) is 6.42 Å². The van der Waals surface area contributed by atoms with Gasteiger partial charge in [-0.1, -0.05) is 127 Å². The first-order chi connectivity index (χ1) is 23.3. The molecule has 0 spiro atoms. The number of benzene rings is 4. The third-order valence-electron chi connectivity index (χ3n) is 6.44. The second kappa shape index (κ2) is 25.8. The van der Waals surface area contributed by atoms with Gasteiger partial charge >= 0.3 is 37.4 Å². The van der Waals surface area contributed by atoms with Gasteiger partial charge in [0.25, 0.3) is 0 Å². The van der Waals surface area contributed by atoms with E-state index < -0.39 is 23.9 Å². The van der Waals surface area contributed by atoms with Gasteiger partial charge in [-0.25, -0.2) is 9.59 Å². The summed E-state index contributed by atoms with van der Waals surface area (Å²) in [6.45, 7) is 0. The van der Waals surface area contributed by atoms with Crippen LogP contribution in [0.3, 0.4) is 0 Å². The van der Waals surface area contributed by atoms with Gasteiger partial charge in [-0.15, -0.1) is 0 Å². The zero-order valence-corrected chi connectivity index (χ0v) is 31.4. The van der Waals surface area contributed by atoms with Crippen molar-refractivity contribution >= 4 is 55.0 Å². The SMILES string of the molecule is COC(=O)/C=C/C(=O)OC.COC(=O)CC=C([O-])OC.[Ru+].c1ccc(P(CCP(c2ccccc2)c2ccccc2)c2ccccc2)cc1. The third-order valence-corrected chi connectivity index (χ3v) is 11.8. The van der Waals surface area contributed by atoms with Gasteiger partial charge < -0.3 is 24.1 Å². The predicted molar refractivity (Wildman–Crippen MR) is 193 cm³/mol. The van der Waals surface area contributed by atoms with Gasteiger partial charge in [-0.2, -0.15) is 0 Å². The van der Waals surface area contributed by atoms with E-state index in [2.05, 4.69) is 140 Å². The molecular weight excluding hydrogens is 747 g/mol. The molecule has 0 amide bonds. The average Bonchev–Trinajstić information content (AvgIpc) is 3.16. The predicted octanol–water partition coefficient (Wildman–Crippen LogP) is 4.54. The van der Waals surface area contributed by atoms with Crippen molar-refractivity contribution in [1.29, 1.82) is 0 Å². The second-order valence-electron chi connectivity index (χ2n) is 9.53. The number of carbonyl (C=O) groups excluding carboxylic acids is 3. The Morgan fingerprint density at radius 1 is 0.531 bits per heavy atom. The molecule has 1 radical (unpaired) electrons. The molecule has 11 heteroatoms. The van der Waals surface area contributed by atoms with Crippen molar-refractivity contribution in [2.24, 2.45) is 0 Å². The van der Waals surface area contributed by atoms with Crippen LogP contribution < -0.4 is 26.3 Å². The molecule has 0 N–H and O–H groups in total. The number of ether oxygens (including phenoxy) is 4. The van der Waals surface area contributed by atoms with Gasteiger partial charge in [0.05, 0.1) is 27.8 Å². The Bertz CT molecular complexity index is 1370. The van der Waals surface area contributed by atoms with E-state index in [-0.39, 0.29) is 41.7 Å². The quantitative estimate of drug-likeness (QED) is 0.0515. The van der Waals surface area contributed by atoms with Crippen molar-refractivity contribution in [3.05, 3.63) is 146 Å². The maximum Gasteiger partial charge on any atom is 1.00 e. The minimum absolute atomic E-state index is 0. The molecule has 0 aliphatic rings. The Labute approximate surface area is 304 Å². The monoisotopic (exact) mass is 789 g/mol. The number of rotatable bonds is 12. The van der Waals surface area contributed by atoms with E-state index in [0.717, 1.165) is 18.2 Å². The van der Waals surface area contributed by atoms with Gasteiger partial charge in [0, 0.05) is 18.1 Å². The van der Waals surface area contributed by atoms with Crippen LogP contribution in [0.4, 0.5) is 0 Å².